The van der Waals surface area contributed by atoms with Gasteiger partial charge in [-0.2, -0.15) is 0 Å². The predicted octanol–water partition coefficient (Wildman–Crippen LogP) is 1.78. The smallest absolute Gasteiger partial charge is 0.241 e. The molecule has 0 heterocycles. The van der Waals surface area contributed by atoms with Crippen LogP contribution in [0.4, 0.5) is 5.69 Å². The minimum Gasteiger partial charge on any atom is -0.491 e. The van der Waals surface area contributed by atoms with Crippen molar-refractivity contribution in [3.05, 3.63) is 24.3 Å². The van der Waals surface area contributed by atoms with Crippen LogP contribution in [0.5, 0.6) is 5.75 Å². The predicted molar refractivity (Wildman–Crippen MR) is 75.3 cm³/mol. The molecule has 1 aromatic carbocycles. The molecule has 1 atom stereocenters. The number of ether oxygens (including phenoxy) is 2. The second-order valence-corrected chi connectivity index (χ2v) is 4.25. The summed E-state index contributed by atoms with van der Waals surface area (Å²) in [7, 11) is 1.62. The number of amides is 1. The van der Waals surface area contributed by atoms with Gasteiger partial charge in [0.1, 0.15) is 12.4 Å². The lowest BCUT2D eigenvalue weighted by Crippen LogP contribution is -2.35. The number of methoxy groups -OCH3 is 1. The van der Waals surface area contributed by atoms with Gasteiger partial charge in [-0.25, -0.2) is 0 Å². The van der Waals surface area contributed by atoms with E-state index in [0.717, 1.165) is 6.42 Å². The second-order valence-electron chi connectivity index (χ2n) is 4.25. The average molecular weight is 266 g/mol. The monoisotopic (exact) mass is 266 g/mol. The van der Waals surface area contributed by atoms with Crippen molar-refractivity contribution in [2.45, 2.75) is 25.8 Å². The first-order valence-corrected chi connectivity index (χ1v) is 6.45. The van der Waals surface area contributed by atoms with Gasteiger partial charge in [-0.05, 0) is 18.6 Å². The first-order chi connectivity index (χ1) is 9.17. The Hall–Kier alpha value is -1.59. The van der Waals surface area contributed by atoms with E-state index in [2.05, 4.69) is 5.32 Å². The topological polar surface area (TPSA) is 73.6 Å². The van der Waals surface area contributed by atoms with Crippen LogP contribution < -0.4 is 15.8 Å². The maximum Gasteiger partial charge on any atom is 0.241 e. The Labute approximate surface area is 114 Å². The number of benzene rings is 1. The number of hydrogen-bond donors (Lipinski definition) is 2. The Morgan fingerprint density at radius 1 is 1.42 bits per heavy atom. The molecule has 0 saturated carbocycles. The molecule has 5 heteroatoms. The zero-order valence-electron chi connectivity index (χ0n) is 11.5. The number of rotatable bonds is 8. The molecular formula is C14H22N2O3. The standard InChI is InChI=1S/C14H22N2O3/c1-3-5-13(15)14(17)16-11-6-4-7-12(10-11)19-9-8-18-2/h4,6-7,10,13H,3,5,8-9,15H2,1-2H3,(H,16,17). The molecule has 1 rings (SSSR count). The van der Waals surface area contributed by atoms with Crippen LogP contribution in [0.1, 0.15) is 19.8 Å². The van der Waals surface area contributed by atoms with E-state index in [4.69, 9.17) is 15.2 Å². The Morgan fingerprint density at radius 2 is 2.21 bits per heavy atom. The lowest BCUT2D eigenvalue weighted by molar-refractivity contribution is -0.117. The molecule has 0 aliphatic heterocycles. The highest BCUT2D eigenvalue weighted by Crippen LogP contribution is 2.17. The molecule has 106 valence electrons. The van der Waals surface area contributed by atoms with Gasteiger partial charge in [-0.15, -0.1) is 0 Å². The molecule has 0 fully saturated rings. The molecule has 0 bridgehead atoms. The third-order valence-corrected chi connectivity index (χ3v) is 2.59. The van der Waals surface area contributed by atoms with E-state index in [1.165, 1.54) is 0 Å². The van der Waals surface area contributed by atoms with Crippen LogP contribution in [0.15, 0.2) is 24.3 Å². The molecule has 0 aliphatic rings. The van der Waals surface area contributed by atoms with Gasteiger partial charge >= 0.3 is 0 Å². The summed E-state index contributed by atoms with van der Waals surface area (Å²) < 4.78 is 10.4. The van der Waals surface area contributed by atoms with Crippen LogP contribution in [-0.2, 0) is 9.53 Å². The number of carbonyl (C=O) groups is 1. The highest BCUT2D eigenvalue weighted by molar-refractivity contribution is 5.94. The Kier molecular flexibility index (Phi) is 6.92. The van der Waals surface area contributed by atoms with E-state index < -0.39 is 6.04 Å². The number of nitrogens with one attached hydrogen (secondary N) is 1. The van der Waals surface area contributed by atoms with Crippen molar-refractivity contribution in [1.29, 1.82) is 0 Å². The van der Waals surface area contributed by atoms with Gasteiger partial charge in [0.15, 0.2) is 0 Å². The average Bonchev–Trinajstić information content (AvgIpc) is 2.40. The maximum atomic E-state index is 11.8. The highest BCUT2D eigenvalue weighted by Gasteiger charge is 2.12. The first kappa shape index (κ1) is 15.5. The summed E-state index contributed by atoms with van der Waals surface area (Å²) in [6, 6.07) is 6.76. The fourth-order valence-corrected chi connectivity index (χ4v) is 1.58. The van der Waals surface area contributed by atoms with Crippen molar-refractivity contribution in [2.24, 2.45) is 5.73 Å². The van der Waals surface area contributed by atoms with E-state index in [1.54, 1.807) is 19.2 Å². The molecule has 0 radical (unpaired) electrons. The quantitative estimate of drug-likeness (QED) is 0.703. The van der Waals surface area contributed by atoms with Crippen molar-refractivity contribution in [3.8, 4) is 5.75 Å². The molecule has 3 N–H and O–H groups in total. The summed E-state index contributed by atoms with van der Waals surface area (Å²) in [6.45, 7) is 3.00. The lowest BCUT2D eigenvalue weighted by atomic mass is 10.1. The zero-order valence-corrected chi connectivity index (χ0v) is 11.5. The van der Waals surface area contributed by atoms with E-state index in [9.17, 15) is 4.79 Å². The maximum absolute atomic E-state index is 11.8. The molecule has 1 amide bonds. The fourth-order valence-electron chi connectivity index (χ4n) is 1.58. The van der Waals surface area contributed by atoms with Gasteiger partial charge in [0.2, 0.25) is 5.91 Å². The molecule has 1 aromatic rings. The number of carbonyl (C=O) groups excluding carboxylic acids is 1. The summed E-state index contributed by atoms with van der Waals surface area (Å²) in [4.78, 5) is 11.8. The molecule has 0 spiro atoms. The van der Waals surface area contributed by atoms with Gasteiger partial charge < -0.3 is 20.5 Å². The summed E-state index contributed by atoms with van der Waals surface area (Å²) in [5.74, 6) is 0.523. The fraction of sp³-hybridized carbons (Fsp3) is 0.500. The molecule has 19 heavy (non-hydrogen) atoms. The Morgan fingerprint density at radius 3 is 2.89 bits per heavy atom. The molecule has 0 aromatic heterocycles. The van der Waals surface area contributed by atoms with Gasteiger partial charge in [0, 0.05) is 18.9 Å². The van der Waals surface area contributed by atoms with Crippen molar-refractivity contribution in [2.75, 3.05) is 25.6 Å². The third kappa shape index (κ3) is 5.72. The second kappa shape index (κ2) is 8.50. The normalized spacial score (nSPS) is 11.9. The molecule has 5 nitrogen and oxygen atoms in total. The first-order valence-electron chi connectivity index (χ1n) is 6.45. The lowest BCUT2D eigenvalue weighted by Gasteiger charge is -2.12. The van der Waals surface area contributed by atoms with Crippen LogP contribution in [0, 0.1) is 0 Å². The van der Waals surface area contributed by atoms with Gasteiger partial charge in [0.05, 0.1) is 12.6 Å². The van der Waals surface area contributed by atoms with Gasteiger partial charge in [-0.1, -0.05) is 19.4 Å². The molecular weight excluding hydrogens is 244 g/mol. The largest absolute Gasteiger partial charge is 0.491 e. The highest BCUT2D eigenvalue weighted by atomic mass is 16.5. The number of hydrogen-bond acceptors (Lipinski definition) is 4. The van der Waals surface area contributed by atoms with Crippen molar-refractivity contribution >= 4 is 11.6 Å². The minimum absolute atomic E-state index is 0.170. The van der Waals surface area contributed by atoms with Gasteiger partial charge in [0.25, 0.3) is 0 Å². The summed E-state index contributed by atoms with van der Waals surface area (Å²) in [6.07, 6.45) is 1.56. The van der Waals surface area contributed by atoms with Crippen LogP contribution in [-0.4, -0.2) is 32.3 Å². The molecule has 0 aliphatic carbocycles. The van der Waals surface area contributed by atoms with Crippen molar-refractivity contribution in [3.63, 3.8) is 0 Å². The van der Waals surface area contributed by atoms with Crippen molar-refractivity contribution < 1.29 is 14.3 Å². The molecule has 1 unspecified atom stereocenters. The number of nitrogens with two attached hydrogens (primary N) is 1. The SMILES string of the molecule is CCCC(N)C(=O)Nc1cccc(OCCOC)c1. The Bertz CT molecular complexity index is 396. The van der Waals surface area contributed by atoms with Crippen LogP contribution in [0.3, 0.4) is 0 Å². The summed E-state index contributed by atoms with van der Waals surface area (Å²) in [5.41, 5.74) is 6.44. The third-order valence-electron chi connectivity index (χ3n) is 2.59. The van der Waals surface area contributed by atoms with Crippen LogP contribution in [0.2, 0.25) is 0 Å². The van der Waals surface area contributed by atoms with Crippen LogP contribution in [0.25, 0.3) is 0 Å². The summed E-state index contributed by atoms with van der Waals surface area (Å²) >= 11 is 0. The molecule has 0 saturated heterocycles. The van der Waals surface area contributed by atoms with E-state index in [0.29, 0.717) is 31.1 Å². The zero-order chi connectivity index (χ0) is 14.1. The number of anilines is 1. The van der Waals surface area contributed by atoms with E-state index in [1.807, 2.05) is 19.1 Å². The minimum atomic E-state index is -0.469. The Balaban J connectivity index is 2.54. The van der Waals surface area contributed by atoms with E-state index >= 15 is 0 Å². The van der Waals surface area contributed by atoms with Crippen LogP contribution >= 0.6 is 0 Å². The summed E-state index contributed by atoms with van der Waals surface area (Å²) in [5, 5.41) is 2.78. The van der Waals surface area contributed by atoms with Crippen molar-refractivity contribution in [1.82, 2.24) is 0 Å². The van der Waals surface area contributed by atoms with Gasteiger partial charge in [-0.3, -0.25) is 4.79 Å². The van der Waals surface area contributed by atoms with E-state index in [-0.39, 0.29) is 5.91 Å².